The lowest BCUT2D eigenvalue weighted by atomic mass is 10.2. The minimum absolute atomic E-state index is 0.0371. The van der Waals surface area contributed by atoms with Gasteiger partial charge in [-0.05, 0) is 30.7 Å². The Morgan fingerprint density at radius 3 is 2.44 bits per heavy atom. The van der Waals surface area contributed by atoms with Crippen LogP contribution in [0.4, 0.5) is 14.5 Å². The average Bonchev–Trinajstić information content (AvgIpc) is 2.61. The molecule has 2 aromatic rings. The maximum atomic E-state index is 13.6. The number of hydrogen-bond acceptors (Lipinski definition) is 3. The molecule has 7 heteroatoms. The zero-order chi connectivity index (χ0) is 18.2. The second-order valence-corrected chi connectivity index (χ2v) is 5.45. The second-order valence-electron chi connectivity index (χ2n) is 5.45. The summed E-state index contributed by atoms with van der Waals surface area (Å²) in [6, 6.07) is 7.24. The molecule has 2 rings (SSSR count). The fraction of sp³-hybridized carbons (Fsp3) is 0.278. The first kappa shape index (κ1) is 18.5. The highest BCUT2D eigenvalue weighted by atomic mass is 19.1. The molecule has 0 spiro atoms. The largest absolute Gasteiger partial charge is 0.351 e. The van der Waals surface area contributed by atoms with Gasteiger partial charge in [-0.25, -0.2) is 13.8 Å². The molecule has 132 valence electrons. The van der Waals surface area contributed by atoms with Crippen LogP contribution in [0.5, 0.6) is 0 Å². The first-order chi connectivity index (χ1) is 12.0. The molecule has 25 heavy (non-hydrogen) atoms. The van der Waals surface area contributed by atoms with Gasteiger partial charge in [-0.2, -0.15) is 0 Å². The SMILES string of the molecule is CCCCCNC(=O)c1cccc(C(=O)Nc2ccc(F)cc2F)n1. The predicted molar refractivity (Wildman–Crippen MR) is 90.4 cm³/mol. The number of amides is 2. The lowest BCUT2D eigenvalue weighted by Crippen LogP contribution is -2.26. The fourth-order valence-corrected chi connectivity index (χ4v) is 2.13. The van der Waals surface area contributed by atoms with Gasteiger partial charge in [0.1, 0.15) is 23.0 Å². The molecular formula is C18H19F2N3O2. The van der Waals surface area contributed by atoms with E-state index in [1.54, 1.807) is 0 Å². The van der Waals surface area contributed by atoms with Crippen LogP contribution < -0.4 is 10.6 Å². The van der Waals surface area contributed by atoms with Gasteiger partial charge in [0.2, 0.25) is 0 Å². The Bertz CT molecular complexity index is 766. The van der Waals surface area contributed by atoms with Crippen LogP contribution in [0.15, 0.2) is 36.4 Å². The van der Waals surface area contributed by atoms with E-state index in [1.807, 2.05) is 0 Å². The number of pyridine rings is 1. The summed E-state index contributed by atoms with van der Waals surface area (Å²) in [6.45, 7) is 2.60. The van der Waals surface area contributed by atoms with Gasteiger partial charge in [0, 0.05) is 12.6 Å². The van der Waals surface area contributed by atoms with Crippen molar-refractivity contribution in [2.75, 3.05) is 11.9 Å². The molecule has 0 atom stereocenters. The van der Waals surface area contributed by atoms with E-state index in [0.717, 1.165) is 31.4 Å². The van der Waals surface area contributed by atoms with Crippen molar-refractivity contribution in [2.45, 2.75) is 26.2 Å². The molecule has 0 aliphatic rings. The minimum atomic E-state index is -0.891. The maximum Gasteiger partial charge on any atom is 0.274 e. The van der Waals surface area contributed by atoms with E-state index in [-0.39, 0.29) is 23.0 Å². The Labute approximate surface area is 144 Å². The van der Waals surface area contributed by atoms with Gasteiger partial charge in [-0.3, -0.25) is 9.59 Å². The van der Waals surface area contributed by atoms with E-state index in [9.17, 15) is 18.4 Å². The van der Waals surface area contributed by atoms with Crippen LogP contribution in [0.2, 0.25) is 0 Å². The maximum absolute atomic E-state index is 13.6. The summed E-state index contributed by atoms with van der Waals surface area (Å²) in [4.78, 5) is 28.2. The lowest BCUT2D eigenvalue weighted by molar-refractivity contribution is 0.0947. The van der Waals surface area contributed by atoms with Crippen molar-refractivity contribution >= 4 is 17.5 Å². The number of unbranched alkanes of at least 4 members (excludes halogenated alkanes) is 2. The average molecular weight is 347 g/mol. The van der Waals surface area contributed by atoms with Crippen molar-refractivity contribution in [3.05, 3.63) is 59.4 Å². The Kier molecular flexibility index (Phi) is 6.56. The number of hydrogen-bond donors (Lipinski definition) is 2. The fourth-order valence-electron chi connectivity index (χ4n) is 2.13. The van der Waals surface area contributed by atoms with Gasteiger partial charge >= 0.3 is 0 Å². The third-order valence-corrected chi connectivity index (χ3v) is 3.46. The number of nitrogens with zero attached hydrogens (tertiary/aromatic N) is 1. The highest BCUT2D eigenvalue weighted by molar-refractivity contribution is 6.03. The van der Waals surface area contributed by atoms with Gasteiger partial charge in [0.25, 0.3) is 11.8 Å². The van der Waals surface area contributed by atoms with E-state index >= 15 is 0 Å². The van der Waals surface area contributed by atoms with Crippen LogP contribution in [0.3, 0.4) is 0 Å². The number of nitrogens with one attached hydrogen (secondary N) is 2. The Hall–Kier alpha value is -2.83. The molecule has 5 nitrogen and oxygen atoms in total. The topological polar surface area (TPSA) is 71.1 Å². The molecule has 2 amide bonds. The van der Waals surface area contributed by atoms with Crippen LogP contribution in [-0.2, 0) is 0 Å². The molecule has 0 saturated carbocycles. The number of carbonyl (C=O) groups is 2. The minimum Gasteiger partial charge on any atom is -0.351 e. The zero-order valence-electron chi connectivity index (χ0n) is 13.8. The van der Waals surface area contributed by atoms with Crippen molar-refractivity contribution in [3.8, 4) is 0 Å². The Morgan fingerprint density at radius 2 is 1.76 bits per heavy atom. The van der Waals surface area contributed by atoms with Crippen LogP contribution >= 0.6 is 0 Å². The highest BCUT2D eigenvalue weighted by Gasteiger charge is 2.14. The van der Waals surface area contributed by atoms with E-state index in [2.05, 4.69) is 22.5 Å². The third kappa shape index (κ3) is 5.34. The van der Waals surface area contributed by atoms with Gasteiger partial charge in [-0.15, -0.1) is 0 Å². The van der Waals surface area contributed by atoms with Gasteiger partial charge in [-0.1, -0.05) is 25.8 Å². The lowest BCUT2D eigenvalue weighted by Gasteiger charge is -2.08. The van der Waals surface area contributed by atoms with Crippen LogP contribution in [0.1, 0.15) is 47.2 Å². The predicted octanol–water partition coefficient (Wildman–Crippen LogP) is 3.53. The first-order valence-corrected chi connectivity index (χ1v) is 8.03. The van der Waals surface area contributed by atoms with E-state index in [4.69, 9.17) is 0 Å². The zero-order valence-corrected chi connectivity index (χ0v) is 13.8. The number of carbonyl (C=O) groups excluding carboxylic acids is 2. The molecule has 0 aliphatic heterocycles. The summed E-state index contributed by atoms with van der Waals surface area (Å²) in [6.07, 6.45) is 2.93. The quantitative estimate of drug-likeness (QED) is 0.753. The Morgan fingerprint density at radius 1 is 1.04 bits per heavy atom. The standard InChI is InChI=1S/C18H19F2N3O2/c1-2-3-4-10-21-17(24)15-6-5-7-16(22-15)18(25)23-14-9-8-12(19)11-13(14)20/h5-9,11H,2-4,10H2,1H3,(H,21,24)(H,23,25). The van der Waals surface area contributed by atoms with Gasteiger partial charge in [0.15, 0.2) is 0 Å². The van der Waals surface area contributed by atoms with Crippen molar-refractivity contribution in [3.63, 3.8) is 0 Å². The molecule has 0 unspecified atom stereocenters. The molecule has 0 bridgehead atoms. The van der Waals surface area contributed by atoms with Crippen LogP contribution in [-0.4, -0.2) is 23.3 Å². The van der Waals surface area contributed by atoms with Gasteiger partial charge in [0.05, 0.1) is 5.69 Å². The van der Waals surface area contributed by atoms with Crippen molar-refractivity contribution < 1.29 is 18.4 Å². The summed E-state index contributed by atoms with van der Waals surface area (Å²) >= 11 is 0. The van der Waals surface area contributed by atoms with Crippen molar-refractivity contribution in [2.24, 2.45) is 0 Å². The number of benzene rings is 1. The van der Waals surface area contributed by atoms with Gasteiger partial charge < -0.3 is 10.6 Å². The molecule has 0 aliphatic carbocycles. The first-order valence-electron chi connectivity index (χ1n) is 8.03. The number of rotatable bonds is 7. The summed E-state index contributed by atoms with van der Waals surface area (Å²) in [5.41, 5.74) is -0.101. The molecule has 1 heterocycles. The van der Waals surface area contributed by atoms with Crippen LogP contribution in [0, 0.1) is 11.6 Å². The van der Waals surface area contributed by atoms with Crippen molar-refractivity contribution in [1.82, 2.24) is 10.3 Å². The third-order valence-electron chi connectivity index (χ3n) is 3.46. The van der Waals surface area contributed by atoms with Crippen LogP contribution in [0.25, 0.3) is 0 Å². The molecule has 2 N–H and O–H groups in total. The van der Waals surface area contributed by atoms with E-state index < -0.39 is 17.5 Å². The molecular weight excluding hydrogens is 328 g/mol. The summed E-state index contributed by atoms with van der Waals surface area (Å²) in [5, 5.41) is 5.04. The monoisotopic (exact) mass is 347 g/mol. The summed E-state index contributed by atoms with van der Waals surface area (Å²) < 4.78 is 26.5. The number of halogens is 2. The number of aromatic nitrogens is 1. The molecule has 0 saturated heterocycles. The molecule has 1 aromatic carbocycles. The van der Waals surface area contributed by atoms with E-state index in [0.29, 0.717) is 12.6 Å². The van der Waals surface area contributed by atoms with E-state index in [1.165, 1.54) is 18.2 Å². The Balaban J connectivity index is 2.04. The highest BCUT2D eigenvalue weighted by Crippen LogP contribution is 2.15. The molecule has 0 fully saturated rings. The second kappa shape index (κ2) is 8.86. The number of anilines is 1. The van der Waals surface area contributed by atoms with Crippen molar-refractivity contribution in [1.29, 1.82) is 0 Å². The smallest absolute Gasteiger partial charge is 0.274 e. The summed E-state index contributed by atoms with van der Waals surface area (Å²) in [5.74, 6) is -2.70. The normalized spacial score (nSPS) is 10.4. The summed E-state index contributed by atoms with van der Waals surface area (Å²) in [7, 11) is 0. The molecule has 1 aromatic heterocycles. The molecule has 0 radical (unpaired) electrons.